The molecular weight excluding hydrogens is 212 g/mol. The predicted octanol–water partition coefficient (Wildman–Crippen LogP) is 1.77. The molecule has 1 fully saturated rings. The van der Waals surface area contributed by atoms with Gasteiger partial charge in [-0.25, -0.2) is 0 Å². The van der Waals surface area contributed by atoms with Crippen LogP contribution in [0.1, 0.15) is 35.2 Å². The molecule has 2 N–H and O–H groups in total. The highest BCUT2D eigenvalue weighted by Gasteiger charge is 2.43. The molecule has 1 saturated carbocycles. The lowest BCUT2D eigenvalue weighted by Crippen LogP contribution is -2.19. The van der Waals surface area contributed by atoms with Gasteiger partial charge < -0.3 is 10.6 Å². The van der Waals surface area contributed by atoms with Crippen molar-refractivity contribution in [2.24, 2.45) is 5.73 Å². The van der Waals surface area contributed by atoms with E-state index in [0.717, 1.165) is 6.54 Å². The number of nitrogens with zero attached hydrogens (tertiary/aromatic N) is 1. The second-order valence-corrected chi connectivity index (χ2v) is 5.28. The maximum Gasteiger partial charge on any atom is 0.248 e. The van der Waals surface area contributed by atoms with E-state index in [1.165, 1.54) is 24.8 Å². The molecule has 0 bridgehead atoms. The van der Waals surface area contributed by atoms with E-state index in [-0.39, 0.29) is 5.91 Å². The van der Waals surface area contributed by atoms with Gasteiger partial charge in [0.1, 0.15) is 0 Å². The van der Waals surface area contributed by atoms with Gasteiger partial charge in [0.25, 0.3) is 0 Å². The summed E-state index contributed by atoms with van der Waals surface area (Å²) in [5.41, 5.74) is 7.55. The number of carbonyl (C=O) groups is 1. The van der Waals surface area contributed by atoms with Crippen LogP contribution < -0.4 is 5.73 Å². The lowest BCUT2D eigenvalue weighted by Gasteiger charge is -2.18. The highest BCUT2D eigenvalue weighted by atomic mass is 16.1. The molecule has 1 aliphatic carbocycles. The Morgan fingerprint density at radius 1 is 1.29 bits per heavy atom. The van der Waals surface area contributed by atoms with Crippen LogP contribution in [0.25, 0.3) is 0 Å². The van der Waals surface area contributed by atoms with Crippen LogP contribution in [0.3, 0.4) is 0 Å². The molecule has 17 heavy (non-hydrogen) atoms. The summed E-state index contributed by atoms with van der Waals surface area (Å²) in [5.74, 6) is -0.352. The topological polar surface area (TPSA) is 46.3 Å². The Morgan fingerprint density at radius 3 is 2.29 bits per heavy atom. The maximum absolute atomic E-state index is 11.0. The monoisotopic (exact) mass is 232 g/mol. The molecule has 0 heterocycles. The molecule has 0 aliphatic heterocycles. The van der Waals surface area contributed by atoms with Crippen molar-refractivity contribution in [2.75, 3.05) is 20.6 Å². The summed E-state index contributed by atoms with van der Waals surface area (Å²) in [4.78, 5) is 13.2. The van der Waals surface area contributed by atoms with Crippen LogP contribution in [0.2, 0.25) is 0 Å². The molecule has 1 aromatic carbocycles. The summed E-state index contributed by atoms with van der Waals surface area (Å²) >= 11 is 0. The summed E-state index contributed by atoms with van der Waals surface area (Å²) in [6.07, 6.45) is 3.71. The van der Waals surface area contributed by atoms with Gasteiger partial charge in [0.15, 0.2) is 0 Å². The van der Waals surface area contributed by atoms with E-state index < -0.39 is 0 Å². The largest absolute Gasteiger partial charge is 0.366 e. The first kappa shape index (κ1) is 12.1. The number of carbonyl (C=O) groups excluding carboxylic acids is 1. The molecule has 92 valence electrons. The van der Waals surface area contributed by atoms with E-state index in [0.29, 0.717) is 11.0 Å². The maximum atomic E-state index is 11.0. The Kier molecular flexibility index (Phi) is 3.20. The van der Waals surface area contributed by atoms with Crippen molar-refractivity contribution in [3.8, 4) is 0 Å². The van der Waals surface area contributed by atoms with Crippen molar-refractivity contribution in [1.29, 1.82) is 0 Å². The average molecular weight is 232 g/mol. The van der Waals surface area contributed by atoms with Crippen LogP contribution in [0.15, 0.2) is 24.3 Å². The lowest BCUT2D eigenvalue weighted by molar-refractivity contribution is 0.100. The molecule has 0 radical (unpaired) electrons. The molecule has 0 unspecified atom stereocenters. The van der Waals surface area contributed by atoms with Gasteiger partial charge in [-0.05, 0) is 63.0 Å². The number of primary amides is 1. The van der Waals surface area contributed by atoms with Gasteiger partial charge >= 0.3 is 0 Å². The van der Waals surface area contributed by atoms with Crippen LogP contribution in [0.4, 0.5) is 0 Å². The van der Waals surface area contributed by atoms with Crippen molar-refractivity contribution in [1.82, 2.24) is 4.90 Å². The number of hydrogen-bond donors (Lipinski definition) is 1. The number of amides is 1. The van der Waals surface area contributed by atoms with Gasteiger partial charge in [-0.1, -0.05) is 12.1 Å². The van der Waals surface area contributed by atoms with E-state index in [4.69, 9.17) is 5.73 Å². The second-order valence-electron chi connectivity index (χ2n) is 5.28. The van der Waals surface area contributed by atoms with Crippen LogP contribution in [0, 0.1) is 0 Å². The standard InChI is InChI=1S/C14H20N2O/c1-16(2)10-9-14(7-8-14)12-5-3-11(4-6-12)13(15)17/h3-6H,7-10H2,1-2H3,(H2,15,17). The highest BCUT2D eigenvalue weighted by molar-refractivity contribution is 5.92. The zero-order valence-corrected chi connectivity index (χ0v) is 10.6. The minimum absolute atomic E-state index is 0.352. The fourth-order valence-electron chi connectivity index (χ4n) is 2.26. The van der Waals surface area contributed by atoms with Crippen LogP contribution in [-0.2, 0) is 5.41 Å². The number of benzene rings is 1. The van der Waals surface area contributed by atoms with Crippen molar-refractivity contribution >= 4 is 5.91 Å². The third-order valence-corrected chi connectivity index (χ3v) is 3.67. The zero-order valence-electron chi connectivity index (χ0n) is 10.6. The van der Waals surface area contributed by atoms with E-state index in [2.05, 4.69) is 31.1 Å². The lowest BCUT2D eigenvalue weighted by atomic mass is 9.91. The number of hydrogen-bond acceptors (Lipinski definition) is 2. The molecule has 1 amide bonds. The van der Waals surface area contributed by atoms with E-state index >= 15 is 0 Å². The summed E-state index contributed by atoms with van der Waals surface area (Å²) in [5, 5.41) is 0. The first-order valence-electron chi connectivity index (χ1n) is 6.09. The Labute approximate surface area is 103 Å². The predicted molar refractivity (Wildman–Crippen MR) is 69.0 cm³/mol. The molecule has 1 aromatic rings. The average Bonchev–Trinajstić information content (AvgIpc) is 3.08. The van der Waals surface area contributed by atoms with Crippen LogP contribution >= 0.6 is 0 Å². The zero-order chi connectivity index (χ0) is 12.5. The van der Waals surface area contributed by atoms with Crippen molar-refractivity contribution in [2.45, 2.75) is 24.7 Å². The molecule has 0 spiro atoms. The summed E-state index contributed by atoms with van der Waals surface area (Å²) < 4.78 is 0. The normalized spacial score (nSPS) is 17.1. The summed E-state index contributed by atoms with van der Waals surface area (Å²) in [7, 11) is 4.21. The fourth-order valence-corrected chi connectivity index (χ4v) is 2.26. The minimum Gasteiger partial charge on any atom is -0.366 e. The molecule has 3 heteroatoms. The molecular formula is C14H20N2O. The molecule has 0 aromatic heterocycles. The van der Waals surface area contributed by atoms with Crippen molar-refractivity contribution < 1.29 is 4.79 Å². The Bertz CT molecular complexity index is 405. The van der Waals surface area contributed by atoms with Crippen molar-refractivity contribution in [3.05, 3.63) is 35.4 Å². The van der Waals surface area contributed by atoms with E-state index in [1.54, 1.807) is 0 Å². The Hall–Kier alpha value is -1.35. The fraction of sp³-hybridized carbons (Fsp3) is 0.500. The van der Waals surface area contributed by atoms with Gasteiger partial charge in [0.05, 0.1) is 0 Å². The second kappa shape index (κ2) is 4.49. The summed E-state index contributed by atoms with van der Waals surface area (Å²) in [6.45, 7) is 1.11. The van der Waals surface area contributed by atoms with E-state index in [1.807, 2.05) is 12.1 Å². The smallest absolute Gasteiger partial charge is 0.248 e. The Morgan fingerprint density at radius 2 is 1.88 bits per heavy atom. The van der Waals surface area contributed by atoms with Crippen LogP contribution in [0.5, 0.6) is 0 Å². The molecule has 3 nitrogen and oxygen atoms in total. The molecule has 1 aliphatic rings. The number of nitrogens with two attached hydrogens (primary N) is 1. The van der Waals surface area contributed by atoms with Gasteiger partial charge in [-0.2, -0.15) is 0 Å². The van der Waals surface area contributed by atoms with Crippen molar-refractivity contribution in [3.63, 3.8) is 0 Å². The SMILES string of the molecule is CN(C)CCC1(c2ccc(C(N)=O)cc2)CC1. The minimum atomic E-state index is -0.352. The summed E-state index contributed by atoms with van der Waals surface area (Å²) in [6, 6.07) is 7.80. The first-order chi connectivity index (χ1) is 8.03. The van der Waals surface area contributed by atoms with Crippen LogP contribution in [-0.4, -0.2) is 31.4 Å². The highest BCUT2D eigenvalue weighted by Crippen LogP contribution is 2.50. The third kappa shape index (κ3) is 2.67. The quantitative estimate of drug-likeness (QED) is 0.841. The van der Waals surface area contributed by atoms with Gasteiger partial charge in [-0.15, -0.1) is 0 Å². The van der Waals surface area contributed by atoms with Gasteiger partial charge in [-0.3, -0.25) is 4.79 Å². The van der Waals surface area contributed by atoms with E-state index in [9.17, 15) is 4.79 Å². The Balaban J connectivity index is 2.09. The molecule has 2 rings (SSSR count). The number of rotatable bonds is 5. The third-order valence-electron chi connectivity index (χ3n) is 3.67. The van der Waals surface area contributed by atoms with Gasteiger partial charge in [0.2, 0.25) is 5.91 Å². The molecule has 0 atom stereocenters. The molecule has 0 saturated heterocycles. The van der Waals surface area contributed by atoms with Gasteiger partial charge in [0, 0.05) is 5.56 Å². The first-order valence-corrected chi connectivity index (χ1v) is 6.09.